The number of imidazole rings is 1. The summed E-state index contributed by atoms with van der Waals surface area (Å²) < 4.78 is 29.8. The third-order valence-corrected chi connectivity index (χ3v) is 4.34. The molecule has 6 nitrogen and oxygen atoms in total. The molecule has 0 saturated heterocycles. The summed E-state index contributed by atoms with van der Waals surface area (Å²) in [6.45, 7) is 0. The van der Waals surface area contributed by atoms with Crippen molar-refractivity contribution in [3.8, 4) is 0 Å². The lowest BCUT2D eigenvalue weighted by molar-refractivity contribution is 0.533. The van der Waals surface area contributed by atoms with Gasteiger partial charge in [-0.15, -0.1) is 0 Å². The predicted octanol–water partition coefficient (Wildman–Crippen LogP) is 3.55. The maximum atomic E-state index is 14.0. The summed E-state index contributed by atoms with van der Waals surface area (Å²) in [6, 6.07) is 3.89. The summed E-state index contributed by atoms with van der Waals surface area (Å²) in [5, 5.41) is 2.79. The Morgan fingerprint density at radius 3 is 2.54 bits per heavy atom. The zero-order chi connectivity index (χ0) is 16.7. The smallest absolute Gasteiger partial charge is 0.222 e. The topological polar surface area (TPSA) is 81.6 Å². The van der Waals surface area contributed by atoms with Crippen LogP contribution in [0.1, 0.15) is 31.7 Å². The Kier molecular flexibility index (Phi) is 3.51. The van der Waals surface area contributed by atoms with Gasteiger partial charge in [0.05, 0.1) is 6.20 Å². The third-order valence-electron chi connectivity index (χ3n) is 4.34. The maximum absolute atomic E-state index is 14.0. The quantitative estimate of drug-likeness (QED) is 0.767. The van der Waals surface area contributed by atoms with E-state index in [4.69, 9.17) is 5.73 Å². The maximum Gasteiger partial charge on any atom is 0.222 e. The monoisotopic (exact) mass is 330 g/mol. The molecule has 1 saturated carbocycles. The van der Waals surface area contributed by atoms with Gasteiger partial charge in [-0.2, -0.15) is 4.98 Å². The molecule has 0 unspecified atom stereocenters. The van der Waals surface area contributed by atoms with Crippen molar-refractivity contribution < 1.29 is 8.78 Å². The number of benzene rings is 1. The van der Waals surface area contributed by atoms with Crippen molar-refractivity contribution in [2.45, 2.75) is 31.7 Å². The minimum absolute atomic E-state index is 0.144. The summed E-state index contributed by atoms with van der Waals surface area (Å²) in [4.78, 5) is 12.6. The first kappa shape index (κ1) is 14.8. The average molecular weight is 330 g/mol. The fourth-order valence-electron chi connectivity index (χ4n) is 3.23. The number of anilines is 3. The average Bonchev–Trinajstić information content (AvgIpc) is 3.17. The van der Waals surface area contributed by atoms with Gasteiger partial charge in [-0.25, -0.2) is 18.7 Å². The van der Waals surface area contributed by atoms with Crippen LogP contribution in [0.25, 0.3) is 11.2 Å². The Bertz CT molecular complexity index is 881. The highest BCUT2D eigenvalue weighted by atomic mass is 19.1. The summed E-state index contributed by atoms with van der Waals surface area (Å²) in [5.74, 6) is -0.859. The van der Waals surface area contributed by atoms with Crippen LogP contribution in [-0.2, 0) is 0 Å². The highest BCUT2D eigenvalue weighted by Crippen LogP contribution is 2.36. The van der Waals surface area contributed by atoms with E-state index < -0.39 is 11.6 Å². The van der Waals surface area contributed by atoms with Gasteiger partial charge in [-0.3, -0.25) is 4.57 Å². The van der Waals surface area contributed by atoms with Crippen molar-refractivity contribution in [1.82, 2.24) is 19.5 Å². The molecule has 2 heterocycles. The van der Waals surface area contributed by atoms with Crippen LogP contribution in [0, 0.1) is 11.6 Å². The second-order valence-electron chi connectivity index (χ2n) is 5.90. The molecule has 1 fully saturated rings. The SMILES string of the molecule is Nc1ncc2nc(Nc3c(F)cccc3F)n(C3CCCC3)c2n1. The normalized spacial score (nSPS) is 15.2. The van der Waals surface area contributed by atoms with Gasteiger partial charge in [-0.05, 0) is 25.0 Å². The molecule has 1 aliphatic carbocycles. The Morgan fingerprint density at radius 2 is 1.83 bits per heavy atom. The van der Waals surface area contributed by atoms with E-state index in [1.54, 1.807) is 0 Å². The summed E-state index contributed by atoms with van der Waals surface area (Å²) in [5.41, 5.74) is 6.58. The van der Waals surface area contributed by atoms with Crippen LogP contribution < -0.4 is 11.1 Å². The number of aromatic nitrogens is 4. The van der Waals surface area contributed by atoms with Crippen LogP contribution in [0.3, 0.4) is 0 Å². The number of hydrogen-bond donors (Lipinski definition) is 2. The molecule has 0 aliphatic heterocycles. The van der Waals surface area contributed by atoms with Crippen LogP contribution in [0.5, 0.6) is 0 Å². The van der Waals surface area contributed by atoms with Crippen molar-refractivity contribution in [2.24, 2.45) is 0 Å². The molecule has 4 rings (SSSR count). The van der Waals surface area contributed by atoms with E-state index in [-0.39, 0.29) is 17.7 Å². The fraction of sp³-hybridized carbons (Fsp3) is 0.312. The molecule has 0 atom stereocenters. The zero-order valence-electron chi connectivity index (χ0n) is 12.8. The lowest BCUT2D eigenvalue weighted by atomic mass is 10.2. The highest BCUT2D eigenvalue weighted by Gasteiger charge is 2.25. The number of rotatable bonds is 3. The van der Waals surface area contributed by atoms with Gasteiger partial charge in [-0.1, -0.05) is 18.9 Å². The molecule has 8 heteroatoms. The summed E-state index contributed by atoms with van der Waals surface area (Å²) in [7, 11) is 0. The van der Waals surface area contributed by atoms with E-state index in [1.165, 1.54) is 24.4 Å². The van der Waals surface area contributed by atoms with Crippen molar-refractivity contribution >= 4 is 28.7 Å². The fourth-order valence-corrected chi connectivity index (χ4v) is 3.23. The van der Waals surface area contributed by atoms with Crippen LogP contribution in [0.2, 0.25) is 0 Å². The number of nitrogens with zero attached hydrogens (tertiary/aromatic N) is 4. The Hall–Kier alpha value is -2.77. The molecule has 0 bridgehead atoms. The number of fused-ring (bicyclic) bond motifs is 1. The standard InChI is InChI=1S/C16H16F2N6/c17-10-6-3-7-11(18)13(10)22-16-21-12-8-20-15(19)23-14(12)24(16)9-4-1-2-5-9/h3,6-9H,1-2,4-5H2,(H,21,22)(H2,19,20,23). The third kappa shape index (κ3) is 2.44. The minimum Gasteiger partial charge on any atom is -0.368 e. The first-order chi connectivity index (χ1) is 11.6. The van der Waals surface area contributed by atoms with Gasteiger partial charge in [0.15, 0.2) is 5.65 Å². The molecule has 3 aromatic rings. The lowest BCUT2D eigenvalue weighted by Crippen LogP contribution is -2.11. The summed E-state index contributed by atoms with van der Waals surface area (Å²) in [6.07, 6.45) is 5.64. The molecular weight excluding hydrogens is 314 g/mol. The van der Waals surface area contributed by atoms with Crippen molar-refractivity contribution in [3.63, 3.8) is 0 Å². The minimum atomic E-state index is -0.675. The Morgan fingerprint density at radius 1 is 1.12 bits per heavy atom. The van der Waals surface area contributed by atoms with Gasteiger partial charge < -0.3 is 11.1 Å². The lowest BCUT2D eigenvalue weighted by Gasteiger charge is -2.17. The molecule has 0 amide bonds. The Balaban J connectivity index is 1.86. The van der Waals surface area contributed by atoms with Crippen LogP contribution in [0.4, 0.5) is 26.4 Å². The summed E-state index contributed by atoms with van der Waals surface area (Å²) >= 11 is 0. The molecule has 0 spiro atoms. The molecule has 1 aromatic carbocycles. The Labute approximate surface area is 136 Å². The van der Waals surface area contributed by atoms with Crippen molar-refractivity contribution in [2.75, 3.05) is 11.1 Å². The van der Waals surface area contributed by atoms with Crippen LogP contribution in [-0.4, -0.2) is 19.5 Å². The van der Waals surface area contributed by atoms with E-state index in [1.807, 2.05) is 4.57 Å². The van der Waals surface area contributed by atoms with E-state index in [0.29, 0.717) is 17.1 Å². The second-order valence-corrected chi connectivity index (χ2v) is 5.90. The number of nitrogens with one attached hydrogen (secondary N) is 1. The molecule has 1 aliphatic rings. The molecule has 24 heavy (non-hydrogen) atoms. The zero-order valence-corrected chi connectivity index (χ0v) is 12.8. The van der Waals surface area contributed by atoms with Gasteiger partial charge >= 0.3 is 0 Å². The van der Waals surface area contributed by atoms with E-state index in [2.05, 4.69) is 20.3 Å². The molecule has 0 radical (unpaired) electrons. The second kappa shape index (κ2) is 5.70. The first-order valence-corrected chi connectivity index (χ1v) is 7.85. The molecular formula is C16H16F2N6. The largest absolute Gasteiger partial charge is 0.368 e. The van der Waals surface area contributed by atoms with Gasteiger partial charge in [0, 0.05) is 6.04 Å². The number of nitrogens with two attached hydrogens (primary N) is 1. The van der Waals surface area contributed by atoms with Crippen LogP contribution in [0.15, 0.2) is 24.4 Å². The highest BCUT2D eigenvalue weighted by molar-refractivity contribution is 5.76. The van der Waals surface area contributed by atoms with Crippen molar-refractivity contribution in [3.05, 3.63) is 36.0 Å². The van der Waals surface area contributed by atoms with Gasteiger partial charge in [0.2, 0.25) is 11.9 Å². The molecule has 124 valence electrons. The van der Waals surface area contributed by atoms with E-state index in [0.717, 1.165) is 25.7 Å². The first-order valence-electron chi connectivity index (χ1n) is 7.85. The predicted molar refractivity (Wildman–Crippen MR) is 86.9 cm³/mol. The molecule has 2 aromatic heterocycles. The van der Waals surface area contributed by atoms with Gasteiger partial charge in [0.25, 0.3) is 0 Å². The number of para-hydroxylation sites is 1. The number of halogens is 2. The van der Waals surface area contributed by atoms with Crippen molar-refractivity contribution in [1.29, 1.82) is 0 Å². The van der Waals surface area contributed by atoms with E-state index in [9.17, 15) is 8.78 Å². The number of nitrogen functional groups attached to an aromatic ring is 1. The van der Waals surface area contributed by atoms with Crippen LogP contribution >= 0.6 is 0 Å². The number of hydrogen-bond acceptors (Lipinski definition) is 5. The van der Waals surface area contributed by atoms with E-state index >= 15 is 0 Å². The van der Waals surface area contributed by atoms with Gasteiger partial charge in [0.1, 0.15) is 22.8 Å². The molecule has 3 N–H and O–H groups in total.